The van der Waals surface area contributed by atoms with Crippen molar-refractivity contribution in [3.63, 3.8) is 0 Å². The average molecular weight is 471 g/mol. The molecule has 2 heterocycles. The molecule has 2 rings (SSSR count). The summed E-state index contributed by atoms with van der Waals surface area (Å²) in [6, 6.07) is 3.98. The average Bonchev–Trinajstić information content (AvgIpc) is 3.03. The summed E-state index contributed by atoms with van der Waals surface area (Å²) in [7, 11) is 3.82. The Morgan fingerprint density at radius 3 is 2.73 bits per heavy atom. The van der Waals surface area contributed by atoms with Crippen LogP contribution >= 0.6 is 58.3 Å². The molecule has 0 fully saturated rings. The molecule has 0 amide bonds. The van der Waals surface area contributed by atoms with Gasteiger partial charge in [-0.2, -0.15) is 0 Å². The van der Waals surface area contributed by atoms with E-state index in [1.807, 2.05) is 19.3 Å². The van der Waals surface area contributed by atoms with Gasteiger partial charge < -0.3 is 10.2 Å². The van der Waals surface area contributed by atoms with Crippen LogP contribution in [0.2, 0.25) is 4.34 Å². The minimum Gasteiger partial charge on any atom is -0.356 e. The molecule has 0 aliphatic heterocycles. The molecular weight excluding hydrogens is 451 g/mol. The minimum atomic E-state index is 0. The highest BCUT2D eigenvalue weighted by molar-refractivity contribution is 14.0. The fourth-order valence-corrected chi connectivity index (χ4v) is 3.86. The number of aryl methyl sites for hydroxylation is 1. The van der Waals surface area contributed by atoms with Crippen molar-refractivity contribution in [3.8, 4) is 0 Å². The molecule has 2 aromatic rings. The van der Waals surface area contributed by atoms with Crippen LogP contribution in [0.5, 0.6) is 0 Å². The summed E-state index contributed by atoms with van der Waals surface area (Å²) in [6.45, 7) is 3.70. The van der Waals surface area contributed by atoms with Crippen LogP contribution in [0.3, 0.4) is 0 Å². The lowest BCUT2D eigenvalue weighted by Gasteiger charge is -2.21. The molecule has 0 atom stereocenters. The zero-order valence-electron chi connectivity index (χ0n) is 12.8. The van der Waals surface area contributed by atoms with Crippen molar-refractivity contribution in [1.29, 1.82) is 0 Å². The number of hydrogen-bond donors (Lipinski definition) is 1. The maximum absolute atomic E-state index is 5.96. The summed E-state index contributed by atoms with van der Waals surface area (Å²) in [6.07, 6.45) is 2.83. The van der Waals surface area contributed by atoms with E-state index in [-0.39, 0.29) is 24.0 Å². The first kappa shape index (κ1) is 19.7. The fourth-order valence-electron chi connectivity index (χ4n) is 1.93. The van der Waals surface area contributed by atoms with E-state index >= 15 is 0 Å². The molecule has 8 heteroatoms. The van der Waals surface area contributed by atoms with Crippen molar-refractivity contribution in [3.05, 3.63) is 37.4 Å². The molecule has 0 saturated heterocycles. The number of nitrogens with one attached hydrogen (secondary N) is 1. The second-order valence-electron chi connectivity index (χ2n) is 4.65. The number of aromatic nitrogens is 1. The van der Waals surface area contributed by atoms with Gasteiger partial charge in [-0.1, -0.05) is 11.6 Å². The molecule has 22 heavy (non-hydrogen) atoms. The van der Waals surface area contributed by atoms with Crippen molar-refractivity contribution in [2.45, 2.75) is 19.9 Å². The molecule has 2 aromatic heterocycles. The molecule has 0 bridgehead atoms. The van der Waals surface area contributed by atoms with E-state index in [1.165, 1.54) is 9.75 Å². The number of rotatable bonds is 5. The number of aliphatic imine (C=N–C) groups is 1. The van der Waals surface area contributed by atoms with Gasteiger partial charge in [0.15, 0.2) is 5.96 Å². The number of hydrogen-bond acceptors (Lipinski definition) is 4. The first-order valence-electron chi connectivity index (χ1n) is 6.66. The highest BCUT2D eigenvalue weighted by atomic mass is 127. The Kier molecular flexibility index (Phi) is 8.66. The molecule has 0 spiro atoms. The molecule has 0 aliphatic carbocycles. The van der Waals surface area contributed by atoms with E-state index in [9.17, 15) is 0 Å². The van der Waals surface area contributed by atoms with Crippen molar-refractivity contribution in [2.24, 2.45) is 4.99 Å². The third-order valence-corrected chi connectivity index (χ3v) is 5.07. The third kappa shape index (κ3) is 6.02. The van der Waals surface area contributed by atoms with Gasteiger partial charge in [-0.15, -0.1) is 46.7 Å². The van der Waals surface area contributed by atoms with Gasteiger partial charge in [-0.05, 0) is 19.1 Å². The molecule has 0 unspecified atom stereocenters. The second-order valence-corrected chi connectivity index (χ2v) is 7.77. The monoisotopic (exact) mass is 470 g/mol. The Bertz CT molecular complexity index is 612. The minimum absolute atomic E-state index is 0. The van der Waals surface area contributed by atoms with Crippen LogP contribution in [0.1, 0.15) is 14.8 Å². The summed E-state index contributed by atoms with van der Waals surface area (Å²) in [5.41, 5.74) is 0. The maximum atomic E-state index is 5.96. The quantitative estimate of drug-likeness (QED) is 0.407. The van der Waals surface area contributed by atoms with Crippen LogP contribution in [-0.2, 0) is 13.0 Å². The Balaban J connectivity index is 0.00000242. The number of thiazole rings is 1. The van der Waals surface area contributed by atoms with Gasteiger partial charge in [-0.25, -0.2) is 4.98 Å². The van der Waals surface area contributed by atoms with Gasteiger partial charge in [0, 0.05) is 43.0 Å². The van der Waals surface area contributed by atoms with E-state index in [0.717, 1.165) is 34.8 Å². The molecule has 0 radical (unpaired) electrons. The van der Waals surface area contributed by atoms with Crippen LogP contribution in [-0.4, -0.2) is 36.5 Å². The SMILES string of the molecule is CN=C(NCCc1ncc(C)s1)N(C)Cc1ccc(Cl)s1.I. The lowest BCUT2D eigenvalue weighted by Crippen LogP contribution is -2.39. The van der Waals surface area contributed by atoms with Crippen LogP contribution in [0.4, 0.5) is 0 Å². The zero-order chi connectivity index (χ0) is 15.2. The first-order chi connectivity index (χ1) is 10.1. The van der Waals surface area contributed by atoms with Gasteiger partial charge in [0.1, 0.15) is 0 Å². The highest BCUT2D eigenvalue weighted by Crippen LogP contribution is 2.22. The molecule has 4 nitrogen and oxygen atoms in total. The molecular formula is C14H20ClIN4S2. The Morgan fingerprint density at radius 1 is 1.41 bits per heavy atom. The fraction of sp³-hybridized carbons (Fsp3) is 0.429. The normalized spacial score (nSPS) is 11.2. The van der Waals surface area contributed by atoms with Gasteiger partial charge >= 0.3 is 0 Å². The van der Waals surface area contributed by atoms with E-state index in [2.05, 4.69) is 33.2 Å². The van der Waals surface area contributed by atoms with Gasteiger partial charge in [-0.3, -0.25) is 4.99 Å². The molecule has 0 saturated carbocycles. The van der Waals surface area contributed by atoms with Gasteiger partial charge in [0.2, 0.25) is 0 Å². The summed E-state index contributed by atoms with van der Waals surface area (Å²) < 4.78 is 0.820. The Morgan fingerprint density at radius 2 is 2.18 bits per heavy atom. The Labute approximate surface area is 161 Å². The molecule has 1 N–H and O–H groups in total. The second kappa shape index (κ2) is 9.69. The largest absolute Gasteiger partial charge is 0.356 e. The van der Waals surface area contributed by atoms with Gasteiger partial charge in [0.25, 0.3) is 0 Å². The molecule has 0 aromatic carbocycles. The summed E-state index contributed by atoms with van der Waals surface area (Å²) in [4.78, 5) is 13.2. The van der Waals surface area contributed by atoms with Crippen molar-refractivity contribution < 1.29 is 0 Å². The smallest absolute Gasteiger partial charge is 0.193 e. The lowest BCUT2D eigenvalue weighted by atomic mass is 10.4. The number of guanidine groups is 1. The van der Waals surface area contributed by atoms with Gasteiger partial charge in [0.05, 0.1) is 15.9 Å². The molecule has 0 aliphatic rings. The van der Waals surface area contributed by atoms with E-state index < -0.39 is 0 Å². The summed E-state index contributed by atoms with van der Waals surface area (Å²) in [5, 5.41) is 4.52. The zero-order valence-corrected chi connectivity index (χ0v) is 17.5. The maximum Gasteiger partial charge on any atom is 0.193 e. The van der Waals surface area contributed by atoms with Crippen molar-refractivity contribution in [2.75, 3.05) is 20.6 Å². The molecule has 122 valence electrons. The van der Waals surface area contributed by atoms with Crippen LogP contribution in [0.15, 0.2) is 23.3 Å². The van der Waals surface area contributed by atoms with E-state index in [1.54, 1.807) is 29.7 Å². The number of nitrogens with zero attached hydrogens (tertiary/aromatic N) is 3. The van der Waals surface area contributed by atoms with Crippen LogP contribution in [0.25, 0.3) is 0 Å². The van der Waals surface area contributed by atoms with Crippen LogP contribution < -0.4 is 5.32 Å². The summed E-state index contributed by atoms with van der Waals surface area (Å²) in [5.74, 6) is 0.882. The Hall–Kier alpha value is -0.380. The van der Waals surface area contributed by atoms with E-state index in [4.69, 9.17) is 11.6 Å². The standard InChI is InChI=1S/C14H19ClN4S2.HI/c1-10-8-18-13(20-10)6-7-17-14(16-2)19(3)9-11-4-5-12(15)21-11;/h4-5,8H,6-7,9H2,1-3H3,(H,16,17);1H. The predicted molar refractivity (Wildman–Crippen MR) is 108 cm³/mol. The topological polar surface area (TPSA) is 40.5 Å². The number of thiophene rings is 1. The van der Waals surface area contributed by atoms with Crippen molar-refractivity contribution in [1.82, 2.24) is 15.2 Å². The van der Waals surface area contributed by atoms with Crippen molar-refractivity contribution >= 4 is 64.2 Å². The summed E-state index contributed by atoms with van der Waals surface area (Å²) >= 11 is 9.30. The number of halogens is 2. The lowest BCUT2D eigenvalue weighted by molar-refractivity contribution is 0.482. The van der Waals surface area contributed by atoms with E-state index in [0.29, 0.717) is 0 Å². The highest BCUT2D eigenvalue weighted by Gasteiger charge is 2.08. The third-order valence-electron chi connectivity index (χ3n) is 2.89. The van der Waals surface area contributed by atoms with Crippen LogP contribution in [0, 0.1) is 6.92 Å². The predicted octanol–water partition coefficient (Wildman–Crippen LogP) is 4.03. The first-order valence-corrected chi connectivity index (χ1v) is 8.67.